The average molecular weight is 160 g/mol. The van der Waals surface area contributed by atoms with Crippen molar-refractivity contribution in [2.75, 3.05) is 11.5 Å². The summed E-state index contributed by atoms with van der Waals surface area (Å²) in [4.78, 5) is 0. The highest BCUT2D eigenvalue weighted by Gasteiger charge is 2.11. The molecule has 9 heavy (non-hydrogen) atoms. The number of thioether (sulfide) groups is 2. The van der Waals surface area contributed by atoms with Crippen LogP contribution in [-0.4, -0.2) is 16.1 Å². The minimum atomic E-state index is 0.816. The van der Waals surface area contributed by atoms with Gasteiger partial charge in [0, 0.05) is 0 Å². The lowest BCUT2D eigenvalue weighted by atomic mass is 10.5. The number of hydrogen-bond acceptors (Lipinski definition) is 2. The molecule has 1 heterocycles. The molecule has 1 aliphatic heterocycles. The Morgan fingerprint density at radius 1 is 1.44 bits per heavy atom. The van der Waals surface area contributed by atoms with Crippen molar-refractivity contribution in [2.24, 2.45) is 0 Å². The predicted molar refractivity (Wildman–Crippen MR) is 48.1 cm³/mol. The van der Waals surface area contributed by atoms with Crippen molar-refractivity contribution in [2.45, 2.75) is 17.4 Å². The molecule has 0 N–H and O–H groups in total. The van der Waals surface area contributed by atoms with Crippen molar-refractivity contribution in [1.29, 1.82) is 0 Å². The van der Waals surface area contributed by atoms with Gasteiger partial charge in [0.15, 0.2) is 0 Å². The van der Waals surface area contributed by atoms with Crippen LogP contribution in [0, 0.1) is 0 Å². The summed E-state index contributed by atoms with van der Waals surface area (Å²) in [6, 6.07) is 0. The lowest BCUT2D eigenvalue weighted by Gasteiger charge is -2.18. The van der Waals surface area contributed by atoms with E-state index < -0.39 is 0 Å². The molecule has 0 amide bonds. The molecule has 0 bridgehead atoms. The van der Waals surface area contributed by atoms with Crippen LogP contribution in [0.5, 0.6) is 0 Å². The van der Waals surface area contributed by atoms with E-state index in [0.29, 0.717) is 0 Å². The largest absolute Gasteiger partial charge is 0.147 e. The van der Waals surface area contributed by atoms with Gasteiger partial charge in [0.2, 0.25) is 0 Å². The lowest BCUT2D eigenvalue weighted by molar-refractivity contribution is 1.07. The van der Waals surface area contributed by atoms with Gasteiger partial charge in [-0.15, -0.1) is 30.1 Å². The van der Waals surface area contributed by atoms with Crippen LogP contribution in [-0.2, 0) is 0 Å². The summed E-state index contributed by atoms with van der Waals surface area (Å²) < 4.78 is 0.816. The summed E-state index contributed by atoms with van der Waals surface area (Å²) in [5.74, 6) is 2.71. The first kappa shape index (κ1) is 7.55. The van der Waals surface area contributed by atoms with E-state index in [1.165, 1.54) is 24.3 Å². The molecule has 1 aliphatic rings. The van der Waals surface area contributed by atoms with E-state index in [1.54, 1.807) is 0 Å². The molecule has 0 spiro atoms. The summed E-state index contributed by atoms with van der Waals surface area (Å²) in [5, 5.41) is 0. The zero-order chi connectivity index (χ0) is 6.53. The lowest BCUT2D eigenvalue weighted by Crippen LogP contribution is -2.04. The minimum Gasteiger partial charge on any atom is -0.147 e. The zero-order valence-corrected chi connectivity index (χ0v) is 7.14. The first-order chi connectivity index (χ1) is 4.43. The molecular weight excluding hydrogens is 148 g/mol. The molecule has 0 radical (unpaired) electrons. The second kappa shape index (κ2) is 4.29. The fraction of sp³-hybridized carbons (Fsp3) is 0.714. The van der Waals surface area contributed by atoms with E-state index in [9.17, 15) is 0 Å². The van der Waals surface area contributed by atoms with Gasteiger partial charge in [0.05, 0.1) is 4.58 Å². The molecule has 0 aliphatic carbocycles. The van der Waals surface area contributed by atoms with Gasteiger partial charge in [0.25, 0.3) is 0 Å². The van der Waals surface area contributed by atoms with Crippen molar-refractivity contribution in [3.8, 4) is 0 Å². The third kappa shape index (κ3) is 2.67. The fourth-order valence-electron chi connectivity index (χ4n) is 0.809. The molecule has 0 atom stereocenters. The van der Waals surface area contributed by atoms with E-state index in [1.807, 2.05) is 6.08 Å². The monoisotopic (exact) mass is 160 g/mol. The fourth-order valence-corrected chi connectivity index (χ4v) is 3.65. The Kier molecular flexibility index (Phi) is 3.59. The summed E-state index contributed by atoms with van der Waals surface area (Å²) in [7, 11) is 0. The van der Waals surface area contributed by atoms with Crippen LogP contribution < -0.4 is 0 Å². The highest BCUT2D eigenvalue weighted by atomic mass is 32.2. The third-order valence-electron chi connectivity index (χ3n) is 1.26. The van der Waals surface area contributed by atoms with Gasteiger partial charge in [-0.25, -0.2) is 0 Å². The van der Waals surface area contributed by atoms with Crippen LogP contribution in [0.2, 0.25) is 0 Å². The van der Waals surface area contributed by atoms with Gasteiger partial charge >= 0.3 is 0 Å². The maximum Gasteiger partial charge on any atom is 0.0536 e. The highest BCUT2D eigenvalue weighted by molar-refractivity contribution is 8.17. The maximum absolute atomic E-state index is 3.73. The summed E-state index contributed by atoms with van der Waals surface area (Å²) >= 11 is 4.16. The van der Waals surface area contributed by atoms with Crippen LogP contribution in [0.4, 0.5) is 0 Å². The van der Waals surface area contributed by atoms with Gasteiger partial charge in [-0.2, -0.15) is 0 Å². The van der Waals surface area contributed by atoms with Crippen LogP contribution >= 0.6 is 23.5 Å². The van der Waals surface area contributed by atoms with Crippen molar-refractivity contribution in [3.63, 3.8) is 0 Å². The van der Waals surface area contributed by atoms with Crippen molar-refractivity contribution >= 4 is 23.5 Å². The molecule has 0 unspecified atom stereocenters. The quantitative estimate of drug-likeness (QED) is 0.570. The molecule has 0 saturated carbocycles. The standard InChI is InChI=1S/C7H12S2/c1-2-4-7-8-5-3-6-9-7/h2,7H,1,3-6H2. The minimum absolute atomic E-state index is 0.816. The Balaban J connectivity index is 2.15. The van der Waals surface area contributed by atoms with E-state index in [2.05, 4.69) is 30.1 Å². The molecule has 1 fully saturated rings. The van der Waals surface area contributed by atoms with Crippen LogP contribution in [0.15, 0.2) is 12.7 Å². The second-order valence-electron chi connectivity index (χ2n) is 2.05. The van der Waals surface area contributed by atoms with E-state index in [0.717, 1.165) is 4.58 Å². The topological polar surface area (TPSA) is 0 Å². The SMILES string of the molecule is C=CCC1SCCCS1. The Morgan fingerprint density at radius 3 is 2.67 bits per heavy atom. The Morgan fingerprint density at radius 2 is 2.11 bits per heavy atom. The number of hydrogen-bond donors (Lipinski definition) is 0. The molecule has 1 saturated heterocycles. The molecule has 0 aromatic rings. The maximum atomic E-state index is 3.73. The first-order valence-corrected chi connectivity index (χ1v) is 5.37. The van der Waals surface area contributed by atoms with Crippen molar-refractivity contribution in [3.05, 3.63) is 12.7 Å². The zero-order valence-electron chi connectivity index (χ0n) is 5.51. The van der Waals surface area contributed by atoms with Gasteiger partial charge in [-0.05, 0) is 24.3 Å². The smallest absolute Gasteiger partial charge is 0.0536 e. The summed E-state index contributed by atoms with van der Waals surface area (Å²) in [6.45, 7) is 3.73. The molecular formula is C7H12S2. The Labute approximate surface area is 65.5 Å². The molecule has 0 aromatic carbocycles. The third-order valence-corrected chi connectivity index (χ3v) is 4.25. The predicted octanol–water partition coefficient (Wildman–Crippen LogP) is 2.76. The second-order valence-corrected chi connectivity index (χ2v) is 4.97. The van der Waals surface area contributed by atoms with Gasteiger partial charge in [0.1, 0.15) is 0 Å². The Hall–Kier alpha value is 0.440. The normalized spacial score (nSPS) is 21.8. The van der Waals surface area contributed by atoms with Gasteiger partial charge in [-0.3, -0.25) is 0 Å². The molecule has 2 heteroatoms. The van der Waals surface area contributed by atoms with E-state index >= 15 is 0 Å². The van der Waals surface area contributed by atoms with Gasteiger partial charge < -0.3 is 0 Å². The van der Waals surface area contributed by atoms with Crippen LogP contribution in [0.3, 0.4) is 0 Å². The first-order valence-electron chi connectivity index (χ1n) is 3.27. The molecule has 52 valence electrons. The summed E-state index contributed by atoms with van der Waals surface area (Å²) in [6.07, 6.45) is 4.59. The van der Waals surface area contributed by atoms with Gasteiger partial charge in [-0.1, -0.05) is 6.08 Å². The highest BCUT2D eigenvalue weighted by Crippen LogP contribution is 2.32. The summed E-state index contributed by atoms with van der Waals surface area (Å²) in [5.41, 5.74) is 0. The molecule has 0 aromatic heterocycles. The van der Waals surface area contributed by atoms with Crippen LogP contribution in [0.1, 0.15) is 12.8 Å². The molecule has 1 rings (SSSR count). The number of allylic oxidation sites excluding steroid dienone is 1. The number of rotatable bonds is 2. The van der Waals surface area contributed by atoms with Crippen molar-refractivity contribution in [1.82, 2.24) is 0 Å². The van der Waals surface area contributed by atoms with Crippen molar-refractivity contribution < 1.29 is 0 Å². The van der Waals surface area contributed by atoms with E-state index in [-0.39, 0.29) is 0 Å². The molecule has 0 nitrogen and oxygen atoms in total. The van der Waals surface area contributed by atoms with Crippen LogP contribution in [0.25, 0.3) is 0 Å². The average Bonchev–Trinajstić information content (AvgIpc) is 1.91. The Bertz CT molecular complexity index is 84.9. The van der Waals surface area contributed by atoms with E-state index in [4.69, 9.17) is 0 Å².